The fourth-order valence-electron chi connectivity index (χ4n) is 3.88. The van der Waals surface area contributed by atoms with Crippen LogP contribution in [0.4, 0.5) is 31.9 Å². The van der Waals surface area contributed by atoms with Gasteiger partial charge in [0.25, 0.3) is 0 Å². The van der Waals surface area contributed by atoms with E-state index in [9.17, 15) is 13.6 Å². The summed E-state index contributed by atoms with van der Waals surface area (Å²) in [6.07, 6.45) is 3.79. The Morgan fingerprint density at radius 1 is 1.31 bits per heavy atom. The predicted octanol–water partition coefficient (Wildman–Crippen LogP) is 3.98. The monoisotopic (exact) mass is 449 g/mol. The van der Waals surface area contributed by atoms with Crippen LogP contribution in [0.2, 0.25) is 0 Å². The molecule has 1 amide bonds. The Morgan fingerprint density at radius 2 is 2.03 bits per heavy atom. The minimum absolute atomic E-state index is 0. The number of nitrogens with one attached hydrogen (secondary N) is 2. The van der Waals surface area contributed by atoms with Gasteiger partial charge in [-0.2, -0.15) is 8.78 Å². The lowest BCUT2D eigenvalue weighted by atomic mass is 10.0. The summed E-state index contributed by atoms with van der Waals surface area (Å²) in [5.74, 6) is -2.74. The minimum Gasteiger partial charge on any atom is -0.368 e. The number of carbonyl (C=O) groups excluding carboxylic acids is 1. The van der Waals surface area contributed by atoms with Gasteiger partial charge in [0.1, 0.15) is 17.5 Å². The van der Waals surface area contributed by atoms with Crippen molar-refractivity contribution in [2.75, 3.05) is 42.7 Å². The van der Waals surface area contributed by atoms with Crippen LogP contribution in [-0.2, 0) is 16.1 Å². The number of carbonyl (C=O) groups is 1. The SMILES string of the molecule is CC(=O)Nc1cc2c(cn1)C1(CC1)CN2c1cc(NCC(C)N(C)C)nc(C(C)(F)F)n1.[HH].[HH]. The average Bonchev–Trinajstić information content (AvgIpc) is 3.41. The van der Waals surface area contributed by atoms with Crippen LogP contribution in [0.25, 0.3) is 0 Å². The van der Waals surface area contributed by atoms with Gasteiger partial charge in [0, 0.05) is 65.1 Å². The molecular formula is C22H33F2N7O. The van der Waals surface area contributed by atoms with E-state index < -0.39 is 11.7 Å². The number of nitrogens with zero attached hydrogens (tertiary/aromatic N) is 5. The highest BCUT2D eigenvalue weighted by atomic mass is 19.3. The molecule has 8 nitrogen and oxygen atoms in total. The maximum Gasteiger partial charge on any atom is 0.303 e. The van der Waals surface area contributed by atoms with Crippen molar-refractivity contribution in [2.45, 2.75) is 51.0 Å². The molecule has 0 saturated heterocycles. The first-order chi connectivity index (χ1) is 15.0. The number of rotatable bonds is 7. The lowest BCUT2D eigenvalue weighted by Crippen LogP contribution is -2.32. The third-order valence-corrected chi connectivity index (χ3v) is 6.20. The fourth-order valence-corrected chi connectivity index (χ4v) is 3.88. The van der Waals surface area contributed by atoms with Crippen molar-refractivity contribution in [3.8, 4) is 0 Å². The third kappa shape index (κ3) is 4.36. The second-order valence-corrected chi connectivity index (χ2v) is 9.15. The molecule has 2 N–H and O–H groups in total. The van der Waals surface area contributed by atoms with E-state index in [2.05, 4.69) is 25.6 Å². The number of hydrogen-bond acceptors (Lipinski definition) is 7. The Morgan fingerprint density at radius 3 is 2.62 bits per heavy atom. The van der Waals surface area contributed by atoms with E-state index in [4.69, 9.17) is 0 Å². The van der Waals surface area contributed by atoms with Crippen molar-refractivity contribution in [1.29, 1.82) is 0 Å². The number of halogens is 2. The lowest BCUT2D eigenvalue weighted by molar-refractivity contribution is -0.114. The van der Waals surface area contributed by atoms with E-state index in [0.29, 0.717) is 30.5 Å². The summed E-state index contributed by atoms with van der Waals surface area (Å²) in [6, 6.07) is 3.69. The quantitative estimate of drug-likeness (QED) is 0.661. The molecule has 1 fully saturated rings. The Hall–Kier alpha value is -2.88. The van der Waals surface area contributed by atoms with Crippen LogP contribution in [0.15, 0.2) is 18.3 Å². The second kappa shape index (κ2) is 7.91. The van der Waals surface area contributed by atoms with Gasteiger partial charge in [-0.25, -0.2) is 15.0 Å². The van der Waals surface area contributed by atoms with Gasteiger partial charge in [-0.1, -0.05) is 0 Å². The molecule has 1 aliphatic heterocycles. The van der Waals surface area contributed by atoms with Crippen LogP contribution < -0.4 is 15.5 Å². The van der Waals surface area contributed by atoms with E-state index in [-0.39, 0.29) is 20.2 Å². The van der Waals surface area contributed by atoms with Gasteiger partial charge in [-0.3, -0.25) is 4.79 Å². The zero-order valence-corrected chi connectivity index (χ0v) is 19.0. The summed E-state index contributed by atoms with van der Waals surface area (Å²) < 4.78 is 28.5. The normalized spacial score (nSPS) is 17.4. The van der Waals surface area contributed by atoms with Crippen LogP contribution in [0.1, 0.15) is 47.9 Å². The molecule has 32 heavy (non-hydrogen) atoms. The highest BCUT2D eigenvalue weighted by Gasteiger charge is 2.52. The van der Waals surface area contributed by atoms with Gasteiger partial charge in [-0.05, 0) is 33.9 Å². The first-order valence-electron chi connectivity index (χ1n) is 10.7. The van der Waals surface area contributed by atoms with Crippen molar-refractivity contribution in [3.63, 3.8) is 0 Å². The molecule has 2 aliphatic rings. The summed E-state index contributed by atoms with van der Waals surface area (Å²) in [5, 5.41) is 5.88. The van der Waals surface area contributed by atoms with Crippen molar-refractivity contribution in [2.24, 2.45) is 0 Å². The summed E-state index contributed by atoms with van der Waals surface area (Å²) in [6.45, 7) is 5.44. The van der Waals surface area contributed by atoms with Crippen LogP contribution >= 0.6 is 0 Å². The molecular weight excluding hydrogens is 416 g/mol. The topological polar surface area (TPSA) is 86.3 Å². The Bertz CT molecular complexity index is 1040. The van der Waals surface area contributed by atoms with Crippen LogP contribution in [0.3, 0.4) is 0 Å². The van der Waals surface area contributed by atoms with Crippen molar-refractivity contribution in [1.82, 2.24) is 19.9 Å². The predicted molar refractivity (Wildman–Crippen MR) is 124 cm³/mol. The molecule has 1 aliphatic carbocycles. The number of anilines is 4. The van der Waals surface area contributed by atoms with E-state index in [1.807, 2.05) is 30.8 Å². The Balaban J connectivity index is 0.00000204. The summed E-state index contributed by atoms with van der Waals surface area (Å²) >= 11 is 0. The molecule has 2 aromatic rings. The molecule has 3 heterocycles. The maximum absolute atomic E-state index is 14.3. The van der Waals surface area contributed by atoms with Gasteiger partial charge in [0.05, 0.1) is 5.69 Å². The number of likely N-dealkylation sites (N-methyl/N-ethyl adjacent to an activating group) is 1. The van der Waals surface area contributed by atoms with E-state index in [0.717, 1.165) is 31.0 Å². The lowest BCUT2D eigenvalue weighted by Gasteiger charge is -2.23. The molecule has 4 rings (SSSR count). The molecule has 0 bridgehead atoms. The molecule has 176 valence electrons. The number of aromatic nitrogens is 3. The molecule has 2 aromatic heterocycles. The van der Waals surface area contributed by atoms with Crippen molar-refractivity contribution in [3.05, 3.63) is 29.7 Å². The molecule has 1 atom stereocenters. The summed E-state index contributed by atoms with van der Waals surface area (Å²) in [5.41, 5.74) is 1.85. The summed E-state index contributed by atoms with van der Waals surface area (Å²) in [4.78, 5) is 28.2. The number of hydrogen-bond donors (Lipinski definition) is 2. The molecule has 0 aromatic carbocycles. The zero-order chi connectivity index (χ0) is 23.3. The second-order valence-electron chi connectivity index (χ2n) is 9.15. The van der Waals surface area contributed by atoms with E-state index in [1.54, 1.807) is 18.3 Å². The first kappa shape index (κ1) is 22.3. The number of amides is 1. The van der Waals surface area contributed by atoms with E-state index in [1.165, 1.54) is 6.92 Å². The number of fused-ring (bicyclic) bond motifs is 2. The van der Waals surface area contributed by atoms with Crippen LogP contribution in [-0.4, -0.2) is 59.0 Å². The number of alkyl halides is 2. The Labute approximate surface area is 189 Å². The van der Waals surface area contributed by atoms with Gasteiger partial charge in [0.15, 0.2) is 0 Å². The highest BCUT2D eigenvalue weighted by Crippen LogP contribution is 2.58. The van der Waals surface area contributed by atoms with Crippen LogP contribution in [0, 0.1) is 0 Å². The third-order valence-electron chi connectivity index (χ3n) is 6.20. The Kier molecular flexibility index (Phi) is 5.52. The molecule has 0 radical (unpaired) electrons. The molecule has 10 heteroatoms. The minimum atomic E-state index is -3.18. The molecule has 1 spiro atoms. The largest absolute Gasteiger partial charge is 0.368 e. The molecule has 1 saturated carbocycles. The van der Waals surface area contributed by atoms with Crippen molar-refractivity contribution >= 4 is 29.0 Å². The fraction of sp³-hybridized carbons (Fsp3) is 0.545. The van der Waals surface area contributed by atoms with Gasteiger partial charge in [-0.15, -0.1) is 0 Å². The number of pyridine rings is 1. The molecule has 1 unspecified atom stereocenters. The maximum atomic E-state index is 14.3. The van der Waals surface area contributed by atoms with E-state index >= 15 is 0 Å². The smallest absolute Gasteiger partial charge is 0.303 e. The van der Waals surface area contributed by atoms with Gasteiger partial charge < -0.3 is 20.4 Å². The van der Waals surface area contributed by atoms with Crippen LogP contribution in [0.5, 0.6) is 0 Å². The summed E-state index contributed by atoms with van der Waals surface area (Å²) in [7, 11) is 3.92. The van der Waals surface area contributed by atoms with Gasteiger partial charge >= 0.3 is 5.92 Å². The van der Waals surface area contributed by atoms with Gasteiger partial charge in [0.2, 0.25) is 11.7 Å². The average molecular weight is 450 g/mol. The highest BCUT2D eigenvalue weighted by molar-refractivity contribution is 5.89. The van der Waals surface area contributed by atoms with Crippen molar-refractivity contribution < 1.29 is 16.4 Å². The standard InChI is InChI=1S/C22H29F2N7O.2H2/c1-13(30(4)5)10-25-18-9-19(29-20(28-18)21(3,23)24)31-12-22(6-7-22)15-11-26-17(8-16(15)31)27-14(2)32;;/h8-9,11,13H,6-7,10,12H2,1-5H3,(H,25,28,29)(H,26,27,32);2*1H. The first-order valence-corrected chi connectivity index (χ1v) is 10.7. The zero-order valence-electron chi connectivity index (χ0n) is 19.0.